The summed E-state index contributed by atoms with van der Waals surface area (Å²) >= 11 is 5.37. The molecule has 1 rings (SSSR count). The normalized spacial score (nSPS) is 13.1. The summed E-state index contributed by atoms with van der Waals surface area (Å²) in [5.41, 5.74) is 6.13. The number of nitrogens with two attached hydrogens (primary N) is 1. The van der Waals surface area contributed by atoms with Crippen LogP contribution in [0.1, 0.15) is 48.4 Å². The van der Waals surface area contributed by atoms with Gasteiger partial charge < -0.3 is 5.73 Å². The molecule has 0 radical (unpaired) electrons. The second-order valence-electron chi connectivity index (χ2n) is 3.67. The first kappa shape index (κ1) is 12.2. The van der Waals surface area contributed by atoms with Gasteiger partial charge in [0.1, 0.15) is 0 Å². The van der Waals surface area contributed by atoms with Crippen LogP contribution in [0.3, 0.4) is 0 Å². The average Bonchev–Trinajstić information content (AvgIpc) is 2.45. The van der Waals surface area contributed by atoms with Crippen LogP contribution in [0.2, 0.25) is 0 Å². The number of hydrogen-bond donors (Lipinski definition) is 1. The fourth-order valence-corrected chi connectivity index (χ4v) is 3.48. The van der Waals surface area contributed by atoms with Crippen molar-refractivity contribution in [2.24, 2.45) is 5.73 Å². The lowest BCUT2D eigenvalue weighted by Crippen LogP contribution is -2.08. The molecule has 0 aromatic carbocycles. The summed E-state index contributed by atoms with van der Waals surface area (Å²) in [6.07, 6.45) is 4.89. The number of halogens is 1. The second-order valence-corrected chi connectivity index (χ2v) is 5.81. The molecule has 0 spiro atoms. The van der Waals surface area contributed by atoms with Gasteiger partial charge in [-0.1, -0.05) is 26.2 Å². The Morgan fingerprint density at radius 1 is 1.50 bits per heavy atom. The van der Waals surface area contributed by atoms with Gasteiger partial charge in [0.05, 0.1) is 0 Å². The van der Waals surface area contributed by atoms with Gasteiger partial charge in [0, 0.05) is 20.3 Å². The maximum Gasteiger partial charge on any atom is 0.0401 e. The molecule has 1 heterocycles. The molecule has 1 unspecified atom stereocenters. The molecule has 0 saturated heterocycles. The first-order valence-electron chi connectivity index (χ1n) is 5.16. The van der Waals surface area contributed by atoms with Crippen molar-refractivity contribution < 1.29 is 0 Å². The van der Waals surface area contributed by atoms with Crippen molar-refractivity contribution in [3.63, 3.8) is 0 Å². The smallest absolute Gasteiger partial charge is 0.0401 e. The van der Waals surface area contributed by atoms with Crippen LogP contribution in [0.25, 0.3) is 0 Å². The SMILES string of the molecule is CCCCCC(N)c1sc(C)cc1Br. The van der Waals surface area contributed by atoms with Crippen molar-refractivity contribution in [1.82, 2.24) is 0 Å². The molecular formula is C11H18BrNS. The van der Waals surface area contributed by atoms with E-state index in [9.17, 15) is 0 Å². The minimum atomic E-state index is 0.217. The maximum absolute atomic E-state index is 6.13. The number of unbranched alkanes of at least 4 members (excludes halogenated alkanes) is 2. The molecule has 14 heavy (non-hydrogen) atoms. The molecule has 1 aromatic rings. The molecule has 0 aliphatic heterocycles. The maximum atomic E-state index is 6.13. The van der Waals surface area contributed by atoms with Gasteiger partial charge in [-0.15, -0.1) is 11.3 Å². The lowest BCUT2D eigenvalue weighted by Gasteiger charge is -2.09. The van der Waals surface area contributed by atoms with E-state index in [0.717, 1.165) is 6.42 Å². The Morgan fingerprint density at radius 2 is 2.21 bits per heavy atom. The van der Waals surface area contributed by atoms with Crippen molar-refractivity contribution in [1.29, 1.82) is 0 Å². The lowest BCUT2D eigenvalue weighted by molar-refractivity contribution is 0.586. The summed E-state index contributed by atoms with van der Waals surface area (Å²) < 4.78 is 1.18. The van der Waals surface area contributed by atoms with Gasteiger partial charge in [-0.2, -0.15) is 0 Å². The van der Waals surface area contributed by atoms with E-state index in [1.807, 2.05) is 11.3 Å². The van der Waals surface area contributed by atoms with Crippen molar-refractivity contribution in [2.45, 2.75) is 45.6 Å². The summed E-state index contributed by atoms with van der Waals surface area (Å²) in [5.74, 6) is 0. The fourth-order valence-electron chi connectivity index (χ4n) is 1.50. The Hall–Kier alpha value is 0.140. The van der Waals surface area contributed by atoms with Gasteiger partial charge in [-0.05, 0) is 35.3 Å². The van der Waals surface area contributed by atoms with E-state index in [0.29, 0.717) is 0 Å². The summed E-state index contributed by atoms with van der Waals surface area (Å²) in [6.45, 7) is 4.34. The molecule has 0 aliphatic rings. The van der Waals surface area contributed by atoms with Gasteiger partial charge in [-0.3, -0.25) is 0 Å². The minimum absolute atomic E-state index is 0.217. The molecule has 1 nitrogen and oxygen atoms in total. The van der Waals surface area contributed by atoms with Gasteiger partial charge in [-0.25, -0.2) is 0 Å². The Kier molecular flexibility index (Phi) is 5.13. The molecule has 1 atom stereocenters. The second kappa shape index (κ2) is 5.89. The molecule has 2 N–H and O–H groups in total. The van der Waals surface area contributed by atoms with E-state index in [1.54, 1.807) is 0 Å². The number of rotatable bonds is 5. The molecule has 3 heteroatoms. The summed E-state index contributed by atoms with van der Waals surface area (Å²) in [6, 6.07) is 2.37. The molecule has 80 valence electrons. The Labute approximate surface area is 98.8 Å². The van der Waals surface area contributed by atoms with E-state index in [4.69, 9.17) is 5.73 Å². The van der Waals surface area contributed by atoms with E-state index < -0.39 is 0 Å². The van der Waals surface area contributed by atoms with Crippen LogP contribution < -0.4 is 5.73 Å². The molecule has 0 aliphatic carbocycles. The molecule has 0 fully saturated rings. The summed E-state index contributed by atoms with van der Waals surface area (Å²) in [7, 11) is 0. The Bertz CT molecular complexity index is 283. The molecule has 0 bridgehead atoms. The van der Waals surface area contributed by atoms with Gasteiger partial charge in [0.15, 0.2) is 0 Å². The van der Waals surface area contributed by atoms with Crippen molar-refractivity contribution in [3.05, 3.63) is 20.3 Å². The van der Waals surface area contributed by atoms with Gasteiger partial charge in [0.25, 0.3) is 0 Å². The lowest BCUT2D eigenvalue weighted by atomic mass is 10.1. The highest BCUT2D eigenvalue weighted by Crippen LogP contribution is 2.33. The topological polar surface area (TPSA) is 26.0 Å². The van der Waals surface area contributed by atoms with Crippen LogP contribution in [-0.4, -0.2) is 0 Å². The first-order chi connectivity index (χ1) is 6.65. The Morgan fingerprint density at radius 3 is 2.71 bits per heavy atom. The monoisotopic (exact) mass is 275 g/mol. The largest absolute Gasteiger partial charge is 0.323 e. The summed E-state index contributed by atoms with van der Waals surface area (Å²) in [4.78, 5) is 2.64. The van der Waals surface area contributed by atoms with Crippen LogP contribution in [0.15, 0.2) is 10.5 Å². The van der Waals surface area contributed by atoms with E-state index in [1.165, 1.54) is 33.5 Å². The number of hydrogen-bond acceptors (Lipinski definition) is 2. The van der Waals surface area contributed by atoms with Crippen LogP contribution in [0.5, 0.6) is 0 Å². The van der Waals surface area contributed by atoms with Crippen molar-refractivity contribution in [3.8, 4) is 0 Å². The predicted molar refractivity (Wildman–Crippen MR) is 67.8 cm³/mol. The fraction of sp³-hybridized carbons (Fsp3) is 0.636. The van der Waals surface area contributed by atoms with E-state index in [-0.39, 0.29) is 6.04 Å². The van der Waals surface area contributed by atoms with E-state index >= 15 is 0 Å². The van der Waals surface area contributed by atoms with Gasteiger partial charge >= 0.3 is 0 Å². The highest BCUT2D eigenvalue weighted by atomic mass is 79.9. The van der Waals surface area contributed by atoms with Crippen molar-refractivity contribution >= 4 is 27.3 Å². The zero-order valence-corrected chi connectivity index (χ0v) is 11.2. The van der Waals surface area contributed by atoms with Gasteiger partial charge in [0.2, 0.25) is 0 Å². The number of aryl methyl sites for hydroxylation is 1. The van der Waals surface area contributed by atoms with Crippen LogP contribution >= 0.6 is 27.3 Å². The zero-order chi connectivity index (χ0) is 10.6. The van der Waals surface area contributed by atoms with E-state index in [2.05, 4.69) is 35.8 Å². The number of thiophene rings is 1. The summed E-state index contributed by atoms with van der Waals surface area (Å²) in [5, 5.41) is 0. The van der Waals surface area contributed by atoms with Crippen LogP contribution in [0.4, 0.5) is 0 Å². The molecule has 0 amide bonds. The standard InChI is InChI=1S/C11H18BrNS/c1-3-4-5-6-10(13)11-9(12)7-8(2)14-11/h7,10H,3-6,13H2,1-2H3. The molecule has 1 aromatic heterocycles. The van der Waals surface area contributed by atoms with Crippen LogP contribution in [0, 0.1) is 6.92 Å². The van der Waals surface area contributed by atoms with Crippen LogP contribution in [-0.2, 0) is 0 Å². The highest BCUT2D eigenvalue weighted by Gasteiger charge is 2.12. The predicted octanol–water partition coefficient (Wildman–Crippen LogP) is 4.40. The third-order valence-electron chi connectivity index (χ3n) is 2.29. The third kappa shape index (κ3) is 3.37. The molecular weight excluding hydrogens is 258 g/mol. The van der Waals surface area contributed by atoms with Crippen molar-refractivity contribution in [2.75, 3.05) is 0 Å². The minimum Gasteiger partial charge on any atom is -0.323 e. The zero-order valence-electron chi connectivity index (χ0n) is 8.85. The third-order valence-corrected chi connectivity index (χ3v) is 4.39. The Balaban J connectivity index is 2.51. The average molecular weight is 276 g/mol. The first-order valence-corrected chi connectivity index (χ1v) is 6.77. The highest BCUT2D eigenvalue weighted by molar-refractivity contribution is 9.10. The quantitative estimate of drug-likeness (QED) is 0.792. The molecule has 0 saturated carbocycles.